The first-order valence-electron chi connectivity index (χ1n) is 9.60. The van der Waals surface area contributed by atoms with Crippen molar-refractivity contribution in [1.82, 2.24) is 9.47 Å². The van der Waals surface area contributed by atoms with E-state index < -0.39 is 0 Å². The van der Waals surface area contributed by atoms with Crippen molar-refractivity contribution in [3.05, 3.63) is 35.5 Å². The lowest BCUT2D eigenvalue weighted by molar-refractivity contribution is 0.0840. The number of hydrogen-bond donors (Lipinski definition) is 1. The standard InChI is InChI=1S/C21H31N3/c1-14(2)19(22)12-17-16-6-4-5-7-20(16)23(3)21(17)18-13-24-10-8-15(18)9-11-24/h4-7,14-15,18-19H,8-13,22H2,1-3H3. The van der Waals surface area contributed by atoms with Gasteiger partial charge in [-0.15, -0.1) is 0 Å². The fourth-order valence-corrected chi connectivity index (χ4v) is 4.92. The molecule has 4 heterocycles. The van der Waals surface area contributed by atoms with Gasteiger partial charge in [-0.25, -0.2) is 0 Å². The van der Waals surface area contributed by atoms with Crippen LogP contribution >= 0.6 is 0 Å². The van der Waals surface area contributed by atoms with E-state index in [0.29, 0.717) is 11.8 Å². The van der Waals surface area contributed by atoms with Crippen LogP contribution in [0.5, 0.6) is 0 Å². The van der Waals surface area contributed by atoms with Crippen molar-refractivity contribution >= 4 is 10.9 Å². The molecule has 3 fully saturated rings. The van der Waals surface area contributed by atoms with Crippen LogP contribution in [-0.4, -0.2) is 35.1 Å². The summed E-state index contributed by atoms with van der Waals surface area (Å²) in [5.41, 5.74) is 11.0. The predicted octanol–water partition coefficient (Wildman–Crippen LogP) is 3.51. The third kappa shape index (κ3) is 2.58. The zero-order valence-electron chi connectivity index (χ0n) is 15.3. The van der Waals surface area contributed by atoms with Crippen LogP contribution in [0.1, 0.15) is 43.9 Å². The summed E-state index contributed by atoms with van der Waals surface area (Å²) >= 11 is 0. The number of nitrogens with zero attached hydrogens (tertiary/aromatic N) is 2. The maximum Gasteiger partial charge on any atom is 0.0482 e. The van der Waals surface area contributed by atoms with Crippen molar-refractivity contribution < 1.29 is 0 Å². The van der Waals surface area contributed by atoms with E-state index in [2.05, 4.69) is 54.6 Å². The van der Waals surface area contributed by atoms with Gasteiger partial charge in [0.25, 0.3) is 0 Å². The predicted molar refractivity (Wildman–Crippen MR) is 101 cm³/mol. The Morgan fingerprint density at radius 1 is 1.17 bits per heavy atom. The number of hydrogen-bond acceptors (Lipinski definition) is 2. The lowest BCUT2D eigenvalue weighted by Gasteiger charge is -2.45. The highest BCUT2D eigenvalue weighted by atomic mass is 15.2. The van der Waals surface area contributed by atoms with Gasteiger partial charge in [-0.3, -0.25) is 0 Å². The molecule has 3 aliphatic rings. The van der Waals surface area contributed by atoms with Crippen molar-refractivity contribution in [1.29, 1.82) is 0 Å². The van der Waals surface area contributed by atoms with E-state index >= 15 is 0 Å². The molecule has 2 aromatic rings. The van der Waals surface area contributed by atoms with Gasteiger partial charge in [0.05, 0.1) is 0 Å². The molecule has 1 aromatic carbocycles. The van der Waals surface area contributed by atoms with Crippen molar-refractivity contribution in [2.45, 2.75) is 45.1 Å². The van der Waals surface area contributed by atoms with Gasteiger partial charge in [-0.2, -0.15) is 0 Å². The summed E-state index contributed by atoms with van der Waals surface area (Å²) in [5, 5.41) is 1.42. The molecule has 5 rings (SSSR count). The summed E-state index contributed by atoms with van der Waals surface area (Å²) < 4.78 is 2.48. The van der Waals surface area contributed by atoms with Crippen molar-refractivity contribution in [3.8, 4) is 0 Å². The van der Waals surface area contributed by atoms with Crippen molar-refractivity contribution in [2.24, 2.45) is 24.6 Å². The van der Waals surface area contributed by atoms with Gasteiger partial charge in [-0.05, 0) is 55.8 Å². The summed E-state index contributed by atoms with van der Waals surface area (Å²) in [6.45, 7) is 8.31. The molecule has 3 aliphatic heterocycles. The molecule has 0 aliphatic carbocycles. The molecular formula is C21H31N3. The van der Waals surface area contributed by atoms with Crippen molar-refractivity contribution in [2.75, 3.05) is 19.6 Å². The molecular weight excluding hydrogens is 294 g/mol. The largest absolute Gasteiger partial charge is 0.347 e. The first-order chi connectivity index (χ1) is 11.6. The fraction of sp³-hybridized carbons (Fsp3) is 0.619. The number of aryl methyl sites for hydroxylation is 1. The van der Waals surface area contributed by atoms with E-state index in [9.17, 15) is 0 Å². The minimum atomic E-state index is 0.232. The number of para-hydroxylation sites is 1. The first kappa shape index (κ1) is 16.2. The molecule has 2 bridgehead atoms. The molecule has 2 unspecified atom stereocenters. The van der Waals surface area contributed by atoms with Gasteiger partial charge in [0.2, 0.25) is 0 Å². The van der Waals surface area contributed by atoms with Gasteiger partial charge >= 0.3 is 0 Å². The Bertz CT molecular complexity index is 722. The maximum atomic E-state index is 6.50. The Morgan fingerprint density at radius 2 is 1.88 bits per heavy atom. The van der Waals surface area contributed by atoms with Gasteiger partial charge in [-0.1, -0.05) is 32.0 Å². The topological polar surface area (TPSA) is 34.2 Å². The highest BCUT2D eigenvalue weighted by Crippen LogP contribution is 2.43. The molecule has 3 saturated heterocycles. The third-order valence-corrected chi connectivity index (χ3v) is 6.56. The highest BCUT2D eigenvalue weighted by molar-refractivity contribution is 5.86. The Morgan fingerprint density at radius 3 is 2.50 bits per heavy atom. The molecule has 130 valence electrons. The molecule has 24 heavy (non-hydrogen) atoms. The van der Waals surface area contributed by atoms with Crippen LogP contribution in [0, 0.1) is 11.8 Å². The molecule has 1 aromatic heterocycles. The highest BCUT2D eigenvalue weighted by Gasteiger charge is 2.38. The first-order valence-corrected chi connectivity index (χ1v) is 9.60. The van der Waals surface area contributed by atoms with E-state index in [4.69, 9.17) is 5.73 Å². The van der Waals surface area contributed by atoms with Crippen LogP contribution in [0.15, 0.2) is 24.3 Å². The van der Waals surface area contributed by atoms with Crippen molar-refractivity contribution in [3.63, 3.8) is 0 Å². The van der Waals surface area contributed by atoms with Crippen LogP contribution in [0.4, 0.5) is 0 Å². The van der Waals surface area contributed by atoms with Crippen LogP contribution < -0.4 is 5.73 Å². The summed E-state index contributed by atoms with van der Waals surface area (Å²) in [7, 11) is 2.26. The zero-order valence-corrected chi connectivity index (χ0v) is 15.3. The smallest absolute Gasteiger partial charge is 0.0482 e. The number of nitrogens with two attached hydrogens (primary N) is 1. The molecule has 0 radical (unpaired) electrons. The quantitative estimate of drug-likeness (QED) is 0.933. The van der Waals surface area contributed by atoms with E-state index in [1.54, 1.807) is 5.69 Å². The summed E-state index contributed by atoms with van der Waals surface area (Å²) in [4.78, 5) is 2.66. The Labute approximate surface area is 145 Å². The van der Waals surface area contributed by atoms with Crippen LogP contribution in [-0.2, 0) is 13.5 Å². The van der Waals surface area contributed by atoms with Crippen LogP contribution in [0.2, 0.25) is 0 Å². The van der Waals surface area contributed by atoms with Gasteiger partial charge in [0.15, 0.2) is 0 Å². The Hall–Kier alpha value is -1.32. The van der Waals surface area contributed by atoms with Crippen LogP contribution in [0.25, 0.3) is 10.9 Å². The Kier molecular flexibility index (Phi) is 4.17. The number of aromatic nitrogens is 1. The lowest BCUT2D eigenvalue weighted by Crippen LogP contribution is -2.47. The van der Waals surface area contributed by atoms with E-state index in [0.717, 1.165) is 12.3 Å². The second-order valence-corrected chi connectivity index (χ2v) is 8.30. The Balaban J connectivity index is 1.82. The molecule has 0 spiro atoms. The maximum absolute atomic E-state index is 6.50. The molecule has 3 heteroatoms. The minimum absolute atomic E-state index is 0.232. The van der Waals surface area contributed by atoms with Gasteiger partial charge in [0, 0.05) is 42.1 Å². The molecule has 3 nitrogen and oxygen atoms in total. The minimum Gasteiger partial charge on any atom is -0.347 e. The fourth-order valence-electron chi connectivity index (χ4n) is 4.92. The van der Waals surface area contributed by atoms with E-state index in [1.165, 1.54) is 48.9 Å². The second-order valence-electron chi connectivity index (χ2n) is 8.30. The molecule has 2 N–H and O–H groups in total. The van der Waals surface area contributed by atoms with E-state index in [-0.39, 0.29) is 6.04 Å². The molecule has 0 amide bonds. The van der Waals surface area contributed by atoms with Crippen LogP contribution in [0.3, 0.4) is 0 Å². The molecule has 0 saturated carbocycles. The number of rotatable bonds is 4. The average Bonchev–Trinajstić information content (AvgIpc) is 2.88. The number of piperidine rings is 3. The number of fused-ring (bicyclic) bond motifs is 4. The second kappa shape index (κ2) is 6.20. The van der Waals surface area contributed by atoms with E-state index in [1.807, 2.05) is 0 Å². The third-order valence-electron chi connectivity index (χ3n) is 6.56. The SMILES string of the molecule is CC(C)C(N)Cc1c(C2CN3CCC2CC3)n(C)c2ccccc12. The normalized spacial score (nSPS) is 28.0. The van der Waals surface area contributed by atoms with Gasteiger partial charge in [0.1, 0.15) is 0 Å². The number of benzene rings is 1. The lowest BCUT2D eigenvalue weighted by atomic mass is 9.75. The monoisotopic (exact) mass is 325 g/mol. The van der Waals surface area contributed by atoms with Gasteiger partial charge < -0.3 is 15.2 Å². The summed E-state index contributed by atoms with van der Waals surface area (Å²) in [6, 6.07) is 9.13. The average molecular weight is 326 g/mol. The molecule has 2 atom stereocenters. The summed E-state index contributed by atoms with van der Waals surface area (Å²) in [5.74, 6) is 2.05. The zero-order chi connectivity index (χ0) is 16.8. The summed E-state index contributed by atoms with van der Waals surface area (Å²) in [6.07, 6.45) is 3.72.